The van der Waals surface area contributed by atoms with E-state index in [1.165, 1.54) is 24.3 Å². The molecule has 27 heavy (non-hydrogen) atoms. The first-order valence-electron chi connectivity index (χ1n) is 8.62. The van der Waals surface area contributed by atoms with E-state index in [4.69, 9.17) is 5.73 Å². The normalized spacial score (nSPS) is 16.4. The molecule has 1 atom stereocenters. The van der Waals surface area contributed by atoms with Gasteiger partial charge in [-0.3, -0.25) is 9.59 Å². The predicted molar refractivity (Wildman–Crippen MR) is 105 cm³/mol. The van der Waals surface area contributed by atoms with Gasteiger partial charge in [-0.1, -0.05) is 13.8 Å². The van der Waals surface area contributed by atoms with Crippen LogP contribution < -0.4 is 16.4 Å². The lowest BCUT2D eigenvalue weighted by Gasteiger charge is -2.26. The van der Waals surface area contributed by atoms with Gasteiger partial charge < -0.3 is 16.4 Å². The number of sulfonamides is 1. The average molecular weight is 419 g/mol. The van der Waals surface area contributed by atoms with Crippen molar-refractivity contribution in [2.45, 2.75) is 31.2 Å². The minimum absolute atomic E-state index is 0. The van der Waals surface area contributed by atoms with E-state index in [1.54, 1.807) is 0 Å². The molecule has 1 unspecified atom stereocenters. The van der Waals surface area contributed by atoms with Crippen molar-refractivity contribution in [1.29, 1.82) is 0 Å². The smallest absolute Gasteiger partial charge is 0.251 e. The lowest BCUT2D eigenvalue weighted by molar-refractivity contribution is -0.122. The zero-order valence-electron chi connectivity index (χ0n) is 15.5. The summed E-state index contributed by atoms with van der Waals surface area (Å²) >= 11 is 0. The fourth-order valence-corrected chi connectivity index (χ4v) is 4.20. The van der Waals surface area contributed by atoms with Crippen molar-refractivity contribution in [3.8, 4) is 0 Å². The van der Waals surface area contributed by atoms with Crippen LogP contribution in [0.5, 0.6) is 0 Å². The van der Waals surface area contributed by atoms with Crippen LogP contribution in [-0.2, 0) is 14.8 Å². The molecule has 10 heteroatoms. The summed E-state index contributed by atoms with van der Waals surface area (Å²) in [5.41, 5.74) is 6.05. The number of piperazine rings is 1. The van der Waals surface area contributed by atoms with Crippen LogP contribution in [0.1, 0.15) is 30.6 Å². The van der Waals surface area contributed by atoms with Gasteiger partial charge in [-0.15, -0.1) is 12.4 Å². The van der Waals surface area contributed by atoms with E-state index in [2.05, 4.69) is 24.5 Å². The Balaban J connectivity index is 0.00000364. The maximum absolute atomic E-state index is 12.6. The average Bonchev–Trinajstić information content (AvgIpc) is 2.60. The minimum atomic E-state index is -3.76. The highest BCUT2D eigenvalue weighted by atomic mass is 35.5. The van der Waals surface area contributed by atoms with Gasteiger partial charge in [0.1, 0.15) is 0 Å². The molecule has 152 valence electrons. The number of hydrogen-bond donors (Lipinski definition) is 3. The van der Waals surface area contributed by atoms with Crippen LogP contribution in [0.25, 0.3) is 0 Å². The summed E-state index contributed by atoms with van der Waals surface area (Å²) in [5, 5.41) is 5.45. The Labute approximate surface area is 166 Å². The van der Waals surface area contributed by atoms with Gasteiger partial charge in [-0.05, 0) is 36.6 Å². The summed E-state index contributed by atoms with van der Waals surface area (Å²) in [6, 6.07) is 5.58. The predicted octanol–water partition coefficient (Wildman–Crippen LogP) is 0.332. The zero-order chi connectivity index (χ0) is 19.3. The molecular weight excluding hydrogens is 392 g/mol. The van der Waals surface area contributed by atoms with Gasteiger partial charge in [0.25, 0.3) is 5.91 Å². The molecule has 4 N–H and O–H groups in total. The molecule has 0 saturated carbocycles. The lowest BCUT2D eigenvalue weighted by Crippen LogP contribution is -2.49. The molecule has 2 amide bonds. The first-order chi connectivity index (χ1) is 12.2. The molecule has 0 aliphatic carbocycles. The quantitative estimate of drug-likeness (QED) is 0.589. The Kier molecular flexibility index (Phi) is 8.67. The van der Waals surface area contributed by atoms with E-state index < -0.39 is 10.0 Å². The van der Waals surface area contributed by atoms with Gasteiger partial charge in [0.2, 0.25) is 15.9 Å². The fourth-order valence-electron chi connectivity index (χ4n) is 2.80. The SMILES string of the molecule is CC(C)CC(CN)NC(=O)c1ccc(S(=O)(=O)N2CCNC(=O)C2)cc1.Cl. The van der Waals surface area contributed by atoms with Gasteiger partial charge in [-0.25, -0.2) is 8.42 Å². The number of benzene rings is 1. The van der Waals surface area contributed by atoms with E-state index in [0.717, 1.165) is 10.7 Å². The molecule has 1 aliphatic rings. The van der Waals surface area contributed by atoms with E-state index in [0.29, 0.717) is 18.0 Å². The number of halogens is 1. The second-order valence-corrected chi connectivity index (χ2v) is 8.69. The van der Waals surface area contributed by atoms with Gasteiger partial charge in [-0.2, -0.15) is 4.31 Å². The summed E-state index contributed by atoms with van der Waals surface area (Å²) in [4.78, 5) is 23.8. The highest BCUT2D eigenvalue weighted by molar-refractivity contribution is 7.89. The first kappa shape index (κ1) is 23.4. The maximum Gasteiger partial charge on any atom is 0.251 e. The third-order valence-corrected chi connectivity index (χ3v) is 5.99. The lowest BCUT2D eigenvalue weighted by atomic mass is 10.0. The van der Waals surface area contributed by atoms with Crippen LogP contribution in [0.3, 0.4) is 0 Å². The summed E-state index contributed by atoms with van der Waals surface area (Å²) < 4.78 is 26.3. The molecule has 1 aliphatic heterocycles. The van der Waals surface area contributed by atoms with E-state index >= 15 is 0 Å². The highest BCUT2D eigenvalue weighted by Crippen LogP contribution is 2.17. The second-order valence-electron chi connectivity index (χ2n) is 6.75. The Morgan fingerprint density at radius 3 is 2.44 bits per heavy atom. The number of nitrogens with one attached hydrogen (secondary N) is 2. The van der Waals surface area contributed by atoms with Crippen molar-refractivity contribution in [3.63, 3.8) is 0 Å². The van der Waals surface area contributed by atoms with Crippen LogP contribution in [0.15, 0.2) is 29.2 Å². The van der Waals surface area contributed by atoms with Gasteiger partial charge in [0.05, 0.1) is 11.4 Å². The van der Waals surface area contributed by atoms with Crippen molar-refractivity contribution in [2.75, 3.05) is 26.2 Å². The molecule has 0 bridgehead atoms. The highest BCUT2D eigenvalue weighted by Gasteiger charge is 2.29. The third-order valence-electron chi connectivity index (χ3n) is 4.13. The van der Waals surface area contributed by atoms with Crippen molar-refractivity contribution in [2.24, 2.45) is 11.7 Å². The molecule has 2 rings (SSSR count). The monoisotopic (exact) mass is 418 g/mol. The van der Waals surface area contributed by atoms with Crippen molar-refractivity contribution < 1.29 is 18.0 Å². The standard InChI is InChI=1S/C17H26N4O4S.ClH/c1-12(2)9-14(10-18)20-17(23)13-3-5-15(6-4-13)26(24,25)21-8-7-19-16(22)11-21;/h3-6,12,14H,7-11,18H2,1-2H3,(H,19,22)(H,20,23);1H. The van der Waals surface area contributed by atoms with E-state index in [-0.39, 0.29) is 54.8 Å². The van der Waals surface area contributed by atoms with Gasteiger partial charge in [0, 0.05) is 31.2 Å². The molecule has 1 aromatic rings. The number of nitrogens with zero attached hydrogens (tertiary/aromatic N) is 1. The number of amides is 2. The minimum Gasteiger partial charge on any atom is -0.354 e. The maximum atomic E-state index is 12.6. The van der Waals surface area contributed by atoms with Crippen LogP contribution in [0.2, 0.25) is 0 Å². The molecule has 1 heterocycles. The summed E-state index contributed by atoms with van der Waals surface area (Å²) in [5.74, 6) is -0.214. The Bertz CT molecular complexity index is 753. The second kappa shape index (κ2) is 10.0. The molecular formula is C17H27ClN4O4S. The van der Waals surface area contributed by atoms with Gasteiger partial charge in [0.15, 0.2) is 0 Å². The Morgan fingerprint density at radius 1 is 1.30 bits per heavy atom. The zero-order valence-corrected chi connectivity index (χ0v) is 17.1. The number of nitrogens with two attached hydrogens (primary N) is 1. The van der Waals surface area contributed by atoms with E-state index in [1.807, 2.05) is 0 Å². The summed E-state index contributed by atoms with van der Waals surface area (Å²) in [6.45, 7) is 4.76. The van der Waals surface area contributed by atoms with Crippen LogP contribution >= 0.6 is 12.4 Å². The van der Waals surface area contributed by atoms with Crippen molar-refractivity contribution in [1.82, 2.24) is 14.9 Å². The summed E-state index contributed by atoms with van der Waals surface area (Å²) in [6.07, 6.45) is 0.770. The van der Waals surface area contributed by atoms with Gasteiger partial charge >= 0.3 is 0 Å². The molecule has 1 aromatic carbocycles. The number of rotatable bonds is 7. The molecule has 0 spiro atoms. The molecule has 0 radical (unpaired) electrons. The number of carbonyl (C=O) groups is 2. The van der Waals surface area contributed by atoms with Crippen molar-refractivity contribution >= 4 is 34.2 Å². The van der Waals surface area contributed by atoms with Crippen LogP contribution in [-0.4, -0.2) is 56.8 Å². The van der Waals surface area contributed by atoms with Crippen LogP contribution in [0.4, 0.5) is 0 Å². The molecule has 8 nitrogen and oxygen atoms in total. The Hall–Kier alpha value is -1.68. The van der Waals surface area contributed by atoms with Crippen molar-refractivity contribution in [3.05, 3.63) is 29.8 Å². The van der Waals surface area contributed by atoms with E-state index in [9.17, 15) is 18.0 Å². The van der Waals surface area contributed by atoms with Crippen LogP contribution in [0, 0.1) is 5.92 Å². The topological polar surface area (TPSA) is 122 Å². The molecule has 1 saturated heterocycles. The fraction of sp³-hybridized carbons (Fsp3) is 0.529. The Morgan fingerprint density at radius 2 is 1.93 bits per heavy atom. The first-order valence-corrected chi connectivity index (χ1v) is 10.1. The molecule has 1 fully saturated rings. The summed E-state index contributed by atoms with van der Waals surface area (Å²) in [7, 11) is -3.76. The number of carbonyl (C=O) groups excluding carboxylic acids is 2. The molecule has 0 aromatic heterocycles. The third kappa shape index (κ3) is 6.17. The number of hydrogen-bond acceptors (Lipinski definition) is 5. The largest absolute Gasteiger partial charge is 0.354 e.